The standard InChI is InChI=1S/C14H30N4S/c1-13(2)9-11(10-14(3,4)17-13)16-12(19)15-7-8-18(5)6/h11,17H,7-10H2,1-6H3,(H2,15,16,19). The lowest BCUT2D eigenvalue weighted by Gasteiger charge is -2.46. The topological polar surface area (TPSA) is 39.3 Å². The van der Waals surface area contributed by atoms with Crippen molar-refractivity contribution in [1.82, 2.24) is 20.9 Å². The van der Waals surface area contributed by atoms with Gasteiger partial charge in [0, 0.05) is 30.2 Å². The van der Waals surface area contributed by atoms with E-state index < -0.39 is 0 Å². The molecule has 0 aromatic carbocycles. The van der Waals surface area contributed by atoms with Crippen molar-refractivity contribution in [2.24, 2.45) is 0 Å². The molecule has 1 heterocycles. The highest BCUT2D eigenvalue weighted by atomic mass is 32.1. The van der Waals surface area contributed by atoms with Crippen molar-refractivity contribution < 1.29 is 0 Å². The summed E-state index contributed by atoms with van der Waals surface area (Å²) in [6.45, 7) is 10.9. The van der Waals surface area contributed by atoms with Crippen LogP contribution in [0.1, 0.15) is 40.5 Å². The zero-order valence-electron chi connectivity index (χ0n) is 13.3. The number of rotatable bonds is 4. The fourth-order valence-electron chi connectivity index (χ4n) is 3.05. The molecule has 1 fully saturated rings. The number of likely N-dealkylation sites (N-methyl/N-ethyl adjacent to an activating group) is 1. The SMILES string of the molecule is CN(C)CCNC(=S)NC1CC(C)(C)NC(C)(C)C1. The second-order valence-corrected chi connectivity index (χ2v) is 7.61. The average molecular weight is 286 g/mol. The highest BCUT2D eigenvalue weighted by Gasteiger charge is 2.37. The van der Waals surface area contributed by atoms with Crippen LogP contribution in [-0.2, 0) is 0 Å². The summed E-state index contributed by atoms with van der Waals surface area (Å²) in [6.07, 6.45) is 2.18. The fourth-order valence-corrected chi connectivity index (χ4v) is 3.32. The molecule has 1 aliphatic heterocycles. The van der Waals surface area contributed by atoms with E-state index in [1.807, 2.05) is 0 Å². The minimum atomic E-state index is 0.151. The first-order valence-corrected chi connectivity index (χ1v) is 7.49. The Morgan fingerprint density at radius 1 is 1.21 bits per heavy atom. The van der Waals surface area contributed by atoms with E-state index in [9.17, 15) is 0 Å². The summed E-state index contributed by atoms with van der Waals surface area (Å²) in [7, 11) is 4.13. The first kappa shape index (κ1) is 16.7. The quantitative estimate of drug-likeness (QED) is 0.680. The average Bonchev–Trinajstić information content (AvgIpc) is 2.10. The van der Waals surface area contributed by atoms with E-state index in [1.165, 1.54) is 0 Å². The molecular formula is C14H30N4S. The van der Waals surface area contributed by atoms with Crippen LogP contribution in [0, 0.1) is 0 Å². The van der Waals surface area contributed by atoms with Gasteiger partial charge in [0.05, 0.1) is 0 Å². The van der Waals surface area contributed by atoms with E-state index in [0.717, 1.165) is 31.0 Å². The zero-order valence-corrected chi connectivity index (χ0v) is 14.1. The second kappa shape index (κ2) is 6.37. The van der Waals surface area contributed by atoms with Crippen LogP contribution in [-0.4, -0.2) is 54.3 Å². The Labute approximate surface area is 123 Å². The van der Waals surface area contributed by atoms with E-state index >= 15 is 0 Å². The maximum absolute atomic E-state index is 5.38. The van der Waals surface area contributed by atoms with Crippen LogP contribution in [0.25, 0.3) is 0 Å². The summed E-state index contributed by atoms with van der Waals surface area (Å²) in [5, 5.41) is 11.2. The Hall–Kier alpha value is -0.390. The Kier molecular flexibility index (Phi) is 5.59. The van der Waals surface area contributed by atoms with Crippen molar-refractivity contribution in [3.8, 4) is 0 Å². The number of hydrogen-bond donors (Lipinski definition) is 3. The van der Waals surface area contributed by atoms with Crippen molar-refractivity contribution in [3.63, 3.8) is 0 Å². The molecule has 0 aromatic heterocycles. The fraction of sp³-hybridized carbons (Fsp3) is 0.929. The first-order chi connectivity index (χ1) is 8.60. The molecule has 0 amide bonds. The molecule has 0 saturated carbocycles. The van der Waals surface area contributed by atoms with Gasteiger partial charge in [-0.05, 0) is 66.8 Å². The van der Waals surface area contributed by atoms with Crippen molar-refractivity contribution in [1.29, 1.82) is 0 Å². The third kappa shape index (κ3) is 6.54. The number of nitrogens with zero attached hydrogens (tertiary/aromatic N) is 1. The number of thiocarbonyl (C=S) groups is 1. The minimum absolute atomic E-state index is 0.151. The van der Waals surface area contributed by atoms with Gasteiger partial charge in [0.25, 0.3) is 0 Å². The first-order valence-electron chi connectivity index (χ1n) is 7.08. The number of nitrogens with one attached hydrogen (secondary N) is 3. The molecule has 0 aliphatic carbocycles. The van der Waals surface area contributed by atoms with Crippen molar-refractivity contribution in [3.05, 3.63) is 0 Å². The minimum Gasteiger partial charge on any atom is -0.361 e. The van der Waals surface area contributed by atoms with Gasteiger partial charge in [0.1, 0.15) is 0 Å². The van der Waals surface area contributed by atoms with Gasteiger partial charge in [-0.1, -0.05) is 0 Å². The lowest BCUT2D eigenvalue weighted by Crippen LogP contribution is -2.62. The van der Waals surface area contributed by atoms with Gasteiger partial charge in [-0.3, -0.25) is 0 Å². The van der Waals surface area contributed by atoms with Crippen molar-refractivity contribution in [2.75, 3.05) is 27.2 Å². The van der Waals surface area contributed by atoms with Gasteiger partial charge >= 0.3 is 0 Å². The largest absolute Gasteiger partial charge is 0.361 e. The molecule has 0 aromatic rings. The molecule has 112 valence electrons. The maximum Gasteiger partial charge on any atom is 0.166 e. The van der Waals surface area contributed by atoms with Gasteiger partial charge < -0.3 is 20.9 Å². The molecule has 0 bridgehead atoms. The molecule has 1 saturated heterocycles. The third-order valence-corrected chi connectivity index (χ3v) is 3.63. The van der Waals surface area contributed by atoms with Crippen molar-refractivity contribution >= 4 is 17.3 Å². The van der Waals surface area contributed by atoms with Gasteiger partial charge in [-0.25, -0.2) is 0 Å². The van der Waals surface area contributed by atoms with Gasteiger partial charge in [0.2, 0.25) is 0 Å². The molecule has 3 N–H and O–H groups in total. The normalized spacial score (nSPS) is 22.3. The molecular weight excluding hydrogens is 256 g/mol. The number of hydrogen-bond acceptors (Lipinski definition) is 3. The monoisotopic (exact) mass is 286 g/mol. The molecule has 0 radical (unpaired) electrons. The second-order valence-electron chi connectivity index (χ2n) is 7.20. The third-order valence-electron chi connectivity index (χ3n) is 3.37. The zero-order chi connectivity index (χ0) is 14.7. The Morgan fingerprint density at radius 2 is 1.74 bits per heavy atom. The summed E-state index contributed by atoms with van der Waals surface area (Å²) in [5.74, 6) is 0. The molecule has 1 aliphatic rings. The van der Waals surface area contributed by atoms with Crippen LogP contribution < -0.4 is 16.0 Å². The predicted molar refractivity (Wildman–Crippen MR) is 86.6 cm³/mol. The molecule has 4 nitrogen and oxygen atoms in total. The van der Waals surface area contributed by atoms with Gasteiger partial charge in [-0.2, -0.15) is 0 Å². The summed E-state index contributed by atoms with van der Waals surface area (Å²) < 4.78 is 0. The highest BCUT2D eigenvalue weighted by Crippen LogP contribution is 2.28. The highest BCUT2D eigenvalue weighted by molar-refractivity contribution is 7.80. The molecule has 5 heteroatoms. The van der Waals surface area contributed by atoms with Crippen LogP contribution in [0.4, 0.5) is 0 Å². The lowest BCUT2D eigenvalue weighted by molar-refractivity contribution is 0.155. The Balaban J connectivity index is 2.41. The predicted octanol–water partition coefficient (Wildman–Crippen LogP) is 1.32. The van der Waals surface area contributed by atoms with E-state index in [0.29, 0.717) is 6.04 Å². The van der Waals surface area contributed by atoms with Gasteiger partial charge in [-0.15, -0.1) is 0 Å². The smallest absolute Gasteiger partial charge is 0.166 e. The van der Waals surface area contributed by atoms with Crippen LogP contribution in [0.2, 0.25) is 0 Å². The summed E-state index contributed by atoms with van der Waals surface area (Å²) in [6, 6.07) is 0.436. The number of piperidine rings is 1. The maximum atomic E-state index is 5.38. The molecule has 0 atom stereocenters. The Morgan fingerprint density at radius 3 is 2.21 bits per heavy atom. The lowest BCUT2D eigenvalue weighted by atomic mass is 9.80. The Bertz CT molecular complexity index is 297. The van der Waals surface area contributed by atoms with E-state index in [-0.39, 0.29) is 11.1 Å². The summed E-state index contributed by atoms with van der Waals surface area (Å²) in [4.78, 5) is 2.15. The summed E-state index contributed by atoms with van der Waals surface area (Å²) in [5.41, 5.74) is 0.303. The van der Waals surface area contributed by atoms with E-state index in [1.54, 1.807) is 0 Å². The molecule has 1 rings (SSSR count). The molecule has 19 heavy (non-hydrogen) atoms. The molecule has 0 spiro atoms. The van der Waals surface area contributed by atoms with Crippen molar-refractivity contribution in [2.45, 2.75) is 57.7 Å². The summed E-state index contributed by atoms with van der Waals surface area (Å²) >= 11 is 5.38. The van der Waals surface area contributed by atoms with Crippen LogP contribution in [0.5, 0.6) is 0 Å². The van der Waals surface area contributed by atoms with E-state index in [4.69, 9.17) is 12.2 Å². The van der Waals surface area contributed by atoms with Gasteiger partial charge in [0.15, 0.2) is 5.11 Å². The van der Waals surface area contributed by atoms with E-state index in [2.05, 4.69) is 62.6 Å². The van der Waals surface area contributed by atoms with Crippen LogP contribution >= 0.6 is 12.2 Å². The molecule has 0 unspecified atom stereocenters. The van der Waals surface area contributed by atoms with Crippen LogP contribution in [0.3, 0.4) is 0 Å². The van der Waals surface area contributed by atoms with Crippen LogP contribution in [0.15, 0.2) is 0 Å².